The third-order valence-corrected chi connectivity index (χ3v) is 4.57. The standard InChI is InChI=1S/C12H11IN2O3S/c1-18-12-5-4-10(7-11(12)13)19(16,17)15-9-3-2-6-14-8-9/h2-8,15H,1H3. The van der Waals surface area contributed by atoms with Crippen LogP contribution in [0.2, 0.25) is 0 Å². The van der Waals surface area contributed by atoms with E-state index in [0.717, 1.165) is 3.57 Å². The number of nitrogens with one attached hydrogen (secondary N) is 1. The van der Waals surface area contributed by atoms with Crippen LogP contribution in [0, 0.1) is 3.57 Å². The molecule has 0 saturated carbocycles. The Bertz CT molecular complexity index is 675. The first-order valence-corrected chi connectivity index (χ1v) is 7.85. The van der Waals surface area contributed by atoms with Gasteiger partial charge in [0.05, 0.1) is 27.5 Å². The Morgan fingerprint density at radius 2 is 2.11 bits per heavy atom. The van der Waals surface area contributed by atoms with Crippen molar-refractivity contribution in [2.75, 3.05) is 11.8 Å². The fourth-order valence-corrected chi connectivity index (χ4v) is 3.47. The number of sulfonamides is 1. The lowest BCUT2D eigenvalue weighted by Gasteiger charge is -2.09. The van der Waals surface area contributed by atoms with Crippen molar-refractivity contribution in [3.05, 3.63) is 46.3 Å². The second-order valence-corrected chi connectivity index (χ2v) is 6.49. The predicted molar refractivity (Wildman–Crippen MR) is 80.8 cm³/mol. The summed E-state index contributed by atoms with van der Waals surface area (Å²) in [6.07, 6.45) is 3.03. The number of halogens is 1. The lowest BCUT2D eigenvalue weighted by Crippen LogP contribution is -2.13. The molecule has 5 nitrogen and oxygen atoms in total. The number of pyridine rings is 1. The molecule has 1 N–H and O–H groups in total. The van der Waals surface area contributed by atoms with Crippen molar-refractivity contribution >= 4 is 38.3 Å². The minimum Gasteiger partial charge on any atom is -0.496 e. The van der Waals surface area contributed by atoms with E-state index in [1.165, 1.54) is 12.3 Å². The molecule has 0 bridgehead atoms. The highest BCUT2D eigenvalue weighted by molar-refractivity contribution is 14.1. The van der Waals surface area contributed by atoms with E-state index in [4.69, 9.17) is 4.74 Å². The van der Waals surface area contributed by atoms with Gasteiger partial charge in [-0.1, -0.05) is 0 Å². The summed E-state index contributed by atoms with van der Waals surface area (Å²) in [4.78, 5) is 4.04. The first-order valence-electron chi connectivity index (χ1n) is 5.29. The van der Waals surface area contributed by atoms with Gasteiger partial charge in [-0.05, 0) is 52.9 Å². The van der Waals surface area contributed by atoms with Crippen molar-refractivity contribution < 1.29 is 13.2 Å². The first-order chi connectivity index (χ1) is 9.03. The highest BCUT2D eigenvalue weighted by Crippen LogP contribution is 2.24. The van der Waals surface area contributed by atoms with Crippen molar-refractivity contribution in [2.45, 2.75) is 4.90 Å². The fourth-order valence-electron chi connectivity index (χ4n) is 1.45. The van der Waals surface area contributed by atoms with Crippen molar-refractivity contribution in [1.82, 2.24) is 4.98 Å². The van der Waals surface area contributed by atoms with Gasteiger partial charge in [0, 0.05) is 6.20 Å². The number of ether oxygens (including phenoxy) is 1. The van der Waals surface area contributed by atoms with Gasteiger partial charge in [0.1, 0.15) is 5.75 Å². The highest BCUT2D eigenvalue weighted by Gasteiger charge is 2.15. The summed E-state index contributed by atoms with van der Waals surface area (Å²) in [7, 11) is -2.07. The molecule has 0 fully saturated rings. The summed E-state index contributed by atoms with van der Waals surface area (Å²) in [5.74, 6) is 0.640. The van der Waals surface area contributed by atoms with Gasteiger partial charge >= 0.3 is 0 Å². The van der Waals surface area contributed by atoms with Crippen molar-refractivity contribution in [3.8, 4) is 5.75 Å². The highest BCUT2D eigenvalue weighted by atomic mass is 127. The van der Waals surface area contributed by atoms with Crippen LogP contribution in [0.25, 0.3) is 0 Å². The van der Waals surface area contributed by atoms with Crippen LogP contribution in [-0.2, 0) is 10.0 Å². The van der Waals surface area contributed by atoms with Crippen LogP contribution < -0.4 is 9.46 Å². The molecule has 0 aliphatic heterocycles. The molecular weight excluding hydrogens is 379 g/mol. The smallest absolute Gasteiger partial charge is 0.261 e. The van der Waals surface area contributed by atoms with Crippen LogP contribution in [0.3, 0.4) is 0 Å². The molecule has 2 rings (SSSR count). The van der Waals surface area contributed by atoms with E-state index in [1.54, 1.807) is 37.6 Å². The third-order valence-electron chi connectivity index (χ3n) is 2.35. The van der Waals surface area contributed by atoms with Gasteiger partial charge in [0.15, 0.2) is 0 Å². The van der Waals surface area contributed by atoms with Gasteiger partial charge < -0.3 is 4.74 Å². The molecule has 0 atom stereocenters. The summed E-state index contributed by atoms with van der Waals surface area (Å²) < 4.78 is 32.6. The molecule has 0 amide bonds. The molecule has 1 aromatic carbocycles. The first kappa shape index (κ1) is 14.1. The molecule has 0 aliphatic rings. The van der Waals surface area contributed by atoms with Crippen LogP contribution in [0.4, 0.5) is 5.69 Å². The van der Waals surface area contributed by atoms with Crippen LogP contribution in [0.1, 0.15) is 0 Å². The minimum atomic E-state index is -3.61. The fraction of sp³-hybridized carbons (Fsp3) is 0.0833. The van der Waals surface area contributed by atoms with E-state index in [0.29, 0.717) is 11.4 Å². The van der Waals surface area contributed by atoms with Gasteiger partial charge in [-0.3, -0.25) is 9.71 Å². The van der Waals surface area contributed by atoms with E-state index >= 15 is 0 Å². The molecule has 100 valence electrons. The molecular formula is C12H11IN2O3S. The van der Waals surface area contributed by atoms with Crippen molar-refractivity contribution in [1.29, 1.82) is 0 Å². The maximum Gasteiger partial charge on any atom is 0.261 e. The Hall–Kier alpha value is -1.35. The van der Waals surface area contributed by atoms with E-state index in [-0.39, 0.29) is 4.90 Å². The predicted octanol–water partition coefficient (Wildman–Crippen LogP) is 2.50. The second kappa shape index (κ2) is 5.74. The number of nitrogens with zero attached hydrogens (tertiary/aromatic N) is 1. The number of anilines is 1. The topological polar surface area (TPSA) is 68.3 Å². The van der Waals surface area contributed by atoms with E-state index in [1.807, 2.05) is 22.6 Å². The van der Waals surface area contributed by atoms with Crippen LogP contribution in [0.5, 0.6) is 5.75 Å². The number of hydrogen-bond donors (Lipinski definition) is 1. The number of rotatable bonds is 4. The average molecular weight is 390 g/mol. The summed E-state index contributed by atoms with van der Waals surface area (Å²) in [6.45, 7) is 0. The number of aromatic nitrogens is 1. The van der Waals surface area contributed by atoms with Gasteiger partial charge in [0.25, 0.3) is 10.0 Å². The van der Waals surface area contributed by atoms with Crippen molar-refractivity contribution in [3.63, 3.8) is 0 Å². The van der Waals surface area contributed by atoms with Crippen molar-refractivity contribution in [2.24, 2.45) is 0 Å². The zero-order valence-corrected chi connectivity index (χ0v) is 13.0. The Balaban J connectivity index is 2.32. The zero-order valence-electron chi connectivity index (χ0n) is 10.00. The summed E-state index contributed by atoms with van der Waals surface area (Å²) >= 11 is 2.03. The summed E-state index contributed by atoms with van der Waals surface area (Å²) in [5.41, 5.74) is 0.424. The Labute approximate surface area is 125 Å². The lowest BCUT2D eigenvalue weighted by atomic mass is 10.3. The Morgan fingerprint density at radius 3 is 2.68 bits per heavy atom. The summed E-state index contributed by atoms with van der Waals surface area (Å²) in [5, 5.41) is 0. The van der Waals surface area contributed by atoms with Gasteiger partial charge in [0.2, 0.25) is 0 Å². The normalized spacial score (nSPS) is 11.1. The SMILES string of the molecule is COc1ccc(S(=O)(=O)Nc2cccnc2)cc1I. The monoisotopic (exact) mass is 390 g/mol. The Morgan fingerprint density at radius 1 is 1.32 bits per heavy atom. The largest absolute Gasteiger partial charge is 0.496 e. The molecule has 0 aliphatic carbocycles. The average Bonchev–Trinajstić information content (AvgIpc) is 2.39. The van der Waals surface area contributed by atoms with Gasteiger partial charge in [-0.2, -0.15) is 0 Å². The van der Waals surface area contributed by atoms with E-state index in [2.05, 4.69) is 9.71 Å². The van der Waals surface area contributed by atoms with Gasteiger partial charge in [-0.25, -0.2) is 8.42 Å². The molecule has 1 aromatic heterocycles. The number of hydrogen-bond acceptors (Lipinski definition) is 4. The third kappa shape index (κ3) is 3.35. The van der Waals surface area contributed by atoms with E-state index < -0.39 is 10.0 Å². The van der Waals surface area contributed by atoms with Crippen LogP contribution in [-0.4, -0.2) is 20.5 Å². The molecule has 0 saturated heterocycles. The zero-order chi connectivity index (χ0) is 13.9. The molecule has 2 aromatic rings. The lowest BCUT2D eigenvalue weighted by molar-refractivity contribution is 0.411. The quantitative estimate of drug-likeness (QED) is 0.815. The number of methoxy groups -OCH3 is 1. The maximum absolute atomic E-state index is 12.2. The number of benzene rings is 1. The molecule has 0 spiro atoms. The minimum absolute atomic E-state index is 0.182. The second-order valence-electron chi connectivity index (χ2n) is 3.64. The Kier molecular flexibility index (Phi) is 4.25. The molecule has 1 heterocycles. The van der Waals surface area contributed by atoms with Gasteiger partial charge in [-0.15, -0.1) is 0 Å². The van der Waals surface area contributed by atoms with E-state index in [9.17, 15) is 8.42 Å². The molecule has 7 heteroatoms. The maximum atomic E-state index is 12.2. The van der Waals surface area contributed by atoms with Crippen LogP contribution in [0.15, 0.2) is 47.6 Å². The molecule has 19 heavy (non-hydrogen) atoms. The molecule has 0 unspecified atom stereocenters. The summed E-state index contributed by atoms with van der Waals surface area (Å²) in [6, 6.07) is 7.98. The molecule has 0 radical (unpaired) electrons. The van der Waals surface area contributed by atoms with Crippen LogP contribution >= 0.6 is 22.6 Å².